The van der Waals surface area contributed by atoms with Crippen LogP contribution in [-0.2, 0) is 24.6 Å². The van der Waals surface area contributed by atoms with Crippen LogP contribution < -0.4 is 16.0 Å². The molecule has 3 aromatic carbocycles. The Kier molecular flexibility index (Phi) is 11.0. The van der Waals surface area contributed by atoms with E-state index in [-0.39, 0.29) is 23.6 Å². The molecule has 2 aliphatic rings. The molecule has 4 atom stereocenters. The molecule has 3 amide bonds. The fourth-order valence-electron chi connectivity index (χ4n) is 7.90. The van der Waals surface area contributed by atoms with E-state index in [1.165, 1.54) is 14.2 Å². The minimum absolute atomic E-state index is 0.247. The number of aromatic amines is 2. The first kappa shape index (κ1) is 38.8. The zero-order chi connectivity index (χ0) is 40.9. The van der Waals surface area contributed by atoms with Crippen molar-refractivity contribution in [2.45, 2.75) is 49.3 Å². The summed E-state index contributed by atoms with van der Waals surface area (Å²) in [5.41, 5.74) is 2.89. The third-order valence-corrected chi connectivity index (χ3v) is 10.9. The first-order valence-electron chi connectivity index (χ1n) is 19.3. The molecule has 5 N–H and O–H groups in total. The van der Waals surface area contributed by atoms with E-state index in [1.54, 1.807) is 59.9 Å². The van der Waals surface area contributed by atoms with Crippen LogP contribution in [0.5, 0.6) is 0 Å². The van der Waals surface area contributed by atoms with Gasteiger partial charge in [-0.2, -0.15) is 0 Å². The third kappa shape index (κ3) is 7.81. The van der Waals surface area contributed by atoms with Gasteiger partial charge in [-0.25, -0.2) is 24.5 Å². The minimum atomic E-state index is -1.21. The average Bonchev–Trinajstić information content (AvgIpc) is 4.14. The number of benzene rings is 3. The van der Waals surface area contributed by atoms with Gasteiger partial charge in [-0.3, -0.25) is 14.9 Å². The quantitative estimate of drug-likeness (QED) is 0.0952. The number of aromatic nitrogens is 5. The lowest BCUT2D eigenvalue weighted by Crippen LogP contribution is -2.51. The highest BCUT2D eigenvalue weighted by molar-refractivity contribution is 5.96. The molecule has 5 heterocycles. The van der Waals surface area contributed by atoms with Gasteiger partial charge in [0.15, 0.2) is 11.5 Å². The molecule has 0 radical (unpaired) electrons. The highest BCUT2D eigenvalue weighted by Gasteiger charge is 2.49. The Morgan fingerprint density at radius 2 is 1.46 bits per heavy atom. The monoisotopic (exact) mass is 797 g/mol. The molecular weight excluding hydrogens is 755 g/mol. The molecule has 2 aliphatic heterocycles. The van der Waals surface area contributed by atoms with Crippen molar-refractivity contribution in [2.24, 2.45) is 0 Å². The Hall–Kier alpha value is -7.07. The molecule has 0 bridgehead atoms. The second kappa shape index (κ2) is 16.8. The van der Waals surface area contributed by atoms with Gasteiger partial charge in [0.25, 0.3) is 5.91 Å². The maximum atomic E-state index is 14.4. The summed E-state index contributed by atoms with van der Waals surface area (Å²) < 4.78 is 15.9. The molecule has 59 heavy (non-hydrogen) atoms. The Balaban J connectivity index is 1.00. The SMILES string of the molecule is COC(=O)N[C@@H](C(=O)N1CCC[C@H]1c1ncc(-c2cccc(-c3cnc(-c4cnc([C@]5(C(=O)[C@H](NC(=O)OC)c6ccccc6)CCCN5)[nH]4)o3)c2)[nH]1)c1ccccc1. The highest BCUT2D eigenvalue weighted by Crippen LogP contribution is 2.38. The smallest absolute Gasteiger partial charge is 0.407 e. The molecule has 6 aromatic rings. The van der Waals surface area contributed by atoms with Crippen LogP contribution in [0.2, 0.25) is 0 Å². The van der Waals surface area contributed by atoms with Crippen LogP contribution >= 0.6 is 0 Å². The van der Waals surface area contributed by atoms with Gasteiger partial charge >= 0.3 is 12.2 Å². The molecule has 16 heteroatoms. The van der Waals surface area contributed by atoms with Crippen LogP contribution in [0.4, 0.5) is 9.59 Å². The topological polar surface area (TPSA) is 209 Å². The van der Waals surface area contributed by atoms with Gasteiger partial charge < -0.3 is 39.4 Å². The number of hydrogen-bond donors (Lipinski definition) is 5. The first-order chi connectivity index (χ1) is 28.8. The lowest BCUT2D eigenvalue weighted by Gasteiger charge is -2.30. The summed E-state index contributed by atoms with van der Waals surface area (Å²) in [6.07, 6.45) is 6.20. The van der Waals surface area contributed by atoms with Gasteiger partial charge in [0.2, 0.25) is 5.89 Å². The number of H-pyrrole nitrogens is 2. The normalized spacial score (nSPS) is 18.5. The maximum absolute atomic E-state index is 14.4. The molecular formula is C43H43N9O7. The molecule has 302 valence electrons. The van der Waals surface area contributed by atoms with E-state index < -0.39 is 29.8 Å². The van der Waals surface area contributed by atoms with Gasteiger partial charge in [0, 0.05) is 17.7 Å². The summed E-state index contributed by atoms with van der Waals surface area (Å²) in [4.78, 5) is 75.3. The average molecular weight is 798 g/mol. The Bertz CT molecular complexity index is 2440. The summed E-state index contributed by atoms with van der Waals surface area (Å²) in [7, 11) is 2.52. The Morgan fingerprint density at radius 1 is 0.780 bits per heavy atom. The third-order valence-electron chi connectivity index (χ3n) is 10.9. The van der Waals surface area contributed by atoms with Crippen molar-refractivity contribution >= 4 is 23.9 Å². The zero-order valence-corrected chi connectivity index (χ0v) is 32.4. The number of ketones is 1. The number of methoxy groups -OCH3 is 2. The number of alkyl carbamates (subject to hydrolysis) is 2. The van der Waals surface area contributed by atoms with Gasteiger partial charge in [-0.15, -0.1) is 0 Å². The predicted octanol–water partition coefficient (Wildman–Crippen LogP) is 6.13. The number of likely N-dealkylation sites (tertiary alicyclic amines) is 1. The summed E-state index contributed by atoms with van der Waals surface area (Å²) in [6, 6.07) is 23.6. The summed E-state index contributed by atoms with van der Waals surface area (Å²) in [6.45, 7) is 1.10. The number of carbonyl (C=O) groups excluding carboxylic acids is 4. The van der Waals surface area contributed by atoms with Gasteiger partial charge in [0.1, 0.15) is 35.0 Å². The molecule has 2 fully saturated rings. The fourth-order valence-corrected chi connectivity index (χ4v) is 7.90. The Morgan fingerprint density at radius 3 is 2.15 bits per heavy atom. The highest BCUT2D eigenvalue weighted by atomic mass is 16.5. The predicted molar refractivity (Wildman–Crippen MR) is 214 cm³/mol. The summed E-state index contributed by atoms with van der Waals surface area (Å²) in [5, 5.41) is 8.77. The molecule has 2 saturated heterocycles. The molecule has 0 spiro atoms. The number of oxazole rings is 1. The lowest BCUT2D eigenvalue weighted by molar-refractivity contribution is -0.134. The maximum Gasteiger partial charge on any atom is 0.407 e. The minimum Gasteiger partial charge on any atom is -0.453 e. The second-order valence-corrected chi connectivity index (χ2v) is 14.4. The fraction of sp³-hybridized carbons (Fsp3) is 0.279. The number of nitrogens with zero attached hydrogens (tertiary/aromatic N) is 4. The number of rotatable bonds is 12. The molecule has 3 aromatic heterocycles. The van der Waals surface area contributed by atoms with Crippen LogP contribution in [0.1, 0.15) is 66.6 Å². The largest absolute Gasteiger partial charge is 0.453 e. The van der Waals surface area contributed by atoms with Crippen molar-refractivity contribution in [2.75, 3.05) is 27.3 Å². The van der Waals surface area contributed by atoms with Crippen LogP contribution in [0, 0.1) is 0 Å². The van der Waals surface area contributed by atoms with E-state index in [0.717, 1.165) is 29.7 Å². The first-order valence-corrected chi connectivity index (χ1v) is 19.3. The van der Waals surface area contributed by atoms with E-state index in [4.69, 9.17) is 18.9 Å². The van der Waals surface area contributed by atoms with Crippen molar-refractivity contribution in [1.29, 1.82) is 0 Å². The van der Waals surface area contributed by atoms with E-state index in [9.17, 15) is 19.2 Å². The number of imidazole rings is 2. The van der Waals surface area contributed by atoms with Crippen LogP contribution in [0.3, 0.4) is 0 Å². The molecule has 0 aliphatic carbocycles. The van der Waals surface area contributed by atoms with E-state index >= 15 is 0 Å². The lowest BCUT2D eigenvalue weighted by atomic mass is 9.84. The van der Waals surface area contributed by atoms with Gasteiger partial charge in [0.05, 0.1) is 44.5 Å². The van der Waals surface area contributed by atoms with E-state index in [0.29, 0.717) is 60.2 Å². The summed E-state index contributed by atoms with van der Waals surface area (Å²) in [5.74, 6) is 1.29. The van der Waals surface area contributed by atoms with Gasteiger partial charge in [-0.1, -0.05) is 78.9 Å². The van der Waals surface area contributed by atoms with E-state index in [2.05, 4.69) is 35.9 Å². The standard InChI is InChI=1S/C43H43N9O7/c1-57-41(55)50-34(26-12-5-3-6-13-26)36(53)43(19-11-20-47-43)40-46-24-31(49-40)38-45-25-33(59-38)29-17-9-16-28(22-29)30-23-44-37(48-30)32-18-10-21-52(32)39(54)35(51-42(56)58-2)27-14-7-4-8-15-27/h3-9,12-17,22-25,32,34-35,47H,10-11,18-21H2,1-2H3,(H,44,48)(H,46,49)(H,50,55)(H,51,56)/t32-,34+,35+,43+/m0/s1. The van der Waals surface area contributed by atoms with Crippen LogP contribution in [-0.4, -0.2) is 81.0 Å². The number of hydrogen-bond acceptors (Lipinski definition) is 11. The van der Waals surface area contributed by atoms with Crippen LogP contribution in [0.25, 0.3) is 34.2 Å². The van der Waals surface area contributed by atoms with Crippen molar-refractivity contribution in [3.63, 3.8) is 0 Å². The van der Waals surface area contributed by atoms with E-state index in [1.807, 2.05) is 48.5 Å². The number of Topliss-reactive ketones (excluding diaryl/α,β-unsaturated/α-hetero) is 1. The van der Waals surface area contributed by atoms with Crippen LogP contribution in [0.15, 0.2) is 108 Å². The van der Waals surface area contributed by atoms with Crippen molar-refractivity contribution in [3.05, 3.63) is 126 Å². The van der Waals surface area contributed by atoms with Crippen molar-refractivity contribution in [3.8, 4) is 34.2 Å². The second-order valence-electron chi connectivity index (χ2n) is 14.4. The molecule has 16 nitrogen and oxygen atoms in total. The molecule has 8 rings (SSSR count). The molecule has 0 unspecified atom stereocenters. The Labute approximate surface area is 339 Å². The summed E-state index contributed by atoms with van der Waals surface area (Å²) >= 11 is 0. The number of carbonyl (C=O) groups is 4. The number of nitrogens with one attached hydrogen (secondary N) is 5. The number of amides is 3. The van der Waals surface area contributed by atoms with Gasteiger partial charge in [-0.05, 0) is 49.4 Å². The zero-order valence-electron chi connectivity index (χ0n) is 32.4. The van der Waals surface area contributed by atoms with Crippen molar-refractivity contribution in [1.82, 2.24) is 45.8 Å². The van der Waals surface area contributed by atoms with Crippen molar-refractivity contribution < 1.29 is 33.1 Å². The number of ether oxygens (including phenoxy) is 2. The molecule has 0 saturated carbocycles.